The Bertz CT molecular complexity index is 663. The molecule has 1 saturated carbocycles. The number of rotatable bonds is 2. The number of para-hydroxylation sites is 1. The molecular weight excluding hydrogens is 246 g/mol. The summed E-state index contributed by atoms with van der Waals surface area (Å²) in [6, 6.07) is 12.0. The van der Waals surface area contributed by atoms with Gasteiger partial charge in [0.05, 0.1) is 17.1 Å². The summed E-state index contributed by atoms with van der Waals surface area (Å²) < 4.78 is 0. The summed E-state index contributed by atoms with van der Waals surface area (Å²) in [6.45, 7) is 2.26. The van der Waals surface area contributed by atoms with E-state index in [4.69, 9.17) is 0 Å². The predicted molar refractivity (Wildman–Crippen MR) is 81.6 cm³/mol. The quantitative estimate of drug-likeness (QED) is 0.883. The Morgan fingerprint density at radius 1 is 1.20 bits per heavy atom. The van der Waals surface area contributed by atoms with E-state index in [0.717, 1.165) is 16.7 Å². The van der Waals surface area contributed by atoms with E-state index >= 15 is 0 Å². The minimum Gasteiger partial charge on any atom is -0.365 e. The second kappa shape index (κ2) is 5.13. The largest absolute Gasteiger partial charge is 0.365 e. The van der Waals surface area contributed by atoms with Crippen LogP contribution in [0.5, 0.6) is 0 Å². The van der Waals surface area contributed by atoms with Crippen LogP contribution >= 0.6 is 0 Å². The number of pyridine rings is 1. The van der Waals surface area contributed by atoms with E-state index in [1.165, 1.54) is 32.1 Å². The average Bonchev–Trinajstić information content (AvgIpc) is 2.46. The number of fused-ring (bicyclic) bond motifs is 1. The number of nitrogens with zero attached hydrogens (tertiary/aromatic N) is 2. The summed E-state index contributed by atoms with van der Waals surface area (Å²) >= 11 is 0. The van der Waals surface area contributed by atoms with Gasteiger partial charge in [0.2, 0.25) is 0 Å². The van der Waals surface area contributed by atoms with Crippen molar-refractivity contribution in [2.45, 2.75) is 44.6 Å². The van der Waals surface area contributed by atoms with E-state index in [9.17, 15) is 5.26 Å². The predicted octanol–water partition coefficient (Wildman–Crippen LogP) is 4.24. The summed E-state index contributed by atoms with van der Waals surface area (Å²) in [5.41, 5.74) is 1.69. The van der Waals surface area contributed by atoms with Crippen LogP contribution in [0.25, 0.3) is 10.9 Å². The maximum Gasteiger partial charge on any atom is 0.128 e. The minimum atomic E-state index is 0.112. The first-order chi connectivity index (χ1) is 9.70. The van der Waals surface area contributed by atoms with Crippen molar-refractivity contribution in [3.63, 3.8) is 0 Å². The summed E-state index contributed by atoms with van der Waals surface area (Å²) in [4.78, 5) is 4.66. The molecule has 1 aliphatic rings. The normalized spacial score (nSPS) is 17.6. The number of aromatic nitrogens is 1. The zero-order chi connectivity index (χ0) is 14.0. The molecule has 2 aromatic rings. The topological polar surface area (TPSA) is 48.7 Å². The van der Waals surface area contributed by atoms with Crippen LogP contribution in [0.1, 0.15) is 44.6 Å². The average molecular weight is 265 g/mol. The minimum absolute atomic E-state index is 0.112. The van der Waals surface area contributed by atoms with E-state index in [1.54, 1.807) is 0 Å². The van der Waals surface area contributed by atoms with Gasteiger partial charge in [0.25, 0.3) is 0 Å². The zero-order valence-corrected chi connectivity index (χ0v) is 11.8. The molecule has 1 aromatic carbocycles. The van der Waals surface area contributed by atoms with E-state index in [1.807, 2.05) is 30.3 Å². The summed E-state index contributed by atoms with van der Waals surface area (Å²) in [5, 5.41) is 13.8. The Kier molecular flexibility index (Phi) is 3.31. The fourth-order valence-corrected chi connectivity index (χ4v) is 3.10. The molecule has 1 N–H and O–H groups in total. The van der Waals surface area contributed by atoms with Gasteiger partial charge in [-0.05, 0) is 31.9 Å². The van der Waals surface area contributed by atoms with Crippen molar-refractivity contribution in [1.29, 1.82) is 5.26 Å². The Labute approximate surface area is 119 Å². The molecule has 3 heteroatoms. The molecule has 20 heavy (non-hydrogen) atoms. The Balaban J connectivity index is 1.98. The number of hydrogen-bond acceptors (Lipinski definition) is 3. The van der Waals surface area contributed by atoms with Gasteiger partial charge in [0.15, 0.2) is 0 Å². The van der Waals surface area contributed by atoms with Crippen molar-refractivity contribution in [2.24, 2.45) is 0 Å². The van der Waals surface area contributed by atoms with Gasteiger partial charge in [-0.25, -0.2) is 4.98 Å². The molecule has 0 unspecified atom stereocenters. The lowest BCUT2D eigenvalue weighted by atomic mass is 9.83. The molecular formula is C17H19N3. The SMILES string of the molecule is CC1(Nc2cc(C#N)c3ccccc3n2)CCCCC1. The maximum absolute atomic E-state index is 9.32. The van der Waals surface area contributed by atoms with E-state index in [0.29, 0.717) is 5.56 Å². The number of nitrogens with one attached hydrogen (secondary N) is 1. The highest BCUT2D eigenvalue weighted by molar-refractivity contribution is 5.86. The highest BCUT2D eigenvalue weighted by atomic mass is 15.1. The summed E-state index contributed by atoms with van der Waals surface area (Å²) in [5.74, 6) is 0.824. The highest BCUT2D eigenvalue weighted by Crippen LogP contribution is 2.31. The van der Waals surface area contributed by atoms with Gasteiger partial charge in [-0.15, -0.1) is 0 Å². The van der Waals surface area contributed by atoms with Crippen LogP contribution in [-0.2, 0) is 0 Å². The zero-order valence-electron chi connectivity index (χ0n) is 11.8. The molecule has 1 fully saturated rings. The number of nitriles is 1. The Morgan fingerprint density at radius 2 is 1.95 bits per heavy atom. The van der Waals surface area contributed by atoms with Crippen LogP contribution in [-0.4, -0.2) is 10.5 Å². The van der Waals surface area contributed by atoms with Crippen LogP contribution in [0, 0.1) is 11.3 Å². The summed E-state index contributed by atoms with van der Waals surface area (Å²) in [7, 11) is 0. The van der Waals surface area contributed by atoms with Gasteiger partial charge >= 0.3 is 0 Å². The Hall–Kier alpha value is -2.08. The van der Waals surface area contributed by atoms with Crippen LogP contribution in [0.4, 0.5) is 5.82 Å². The molecule has 0 saturated heterocycles. The molecule has 0 amide bonds. The molecule has 3 rings (SSSR count). The van der Waals surface area contributed by atoms with Gasteiger partial charge < -0.3 is 5.32 Å². The first kappa shape index (κ1) is 12.9. The van der Waals surface area contributed by atoms with Crippen molar-refractivity contribution in [3.8, 4) is 6.07 Å². The number of benzene rings is 1. The highest BCUT2D eigenvalue weighted by Gasteiger charge is 2.27. The molecule has 0 aliphatic heterocycles. The molecule has 0 bridgehead atoms. The van der Waals surface area contributed by atoms with Crippen molar-refractivity contribution < 1.29 is 0 Å². The van der Waals surface area contributed by atoms with Gasteiger partial charge in [0.1, 0.15) is 5.82 Å². The molecule has 1 aliphatic carbocycles. The van der Waals surface area contributed by atoms with Gasteiger partial charge in [0, 0.05) is 10.9 Å². The standard InChI is InChI=1S/C17H19N3/c1-17(9-5-2-6-10-17)20-16-11-13(12-18)14-7-3-4-8-15(14)19-16/h3-4,7-8,11H,2,5-6,9-10H2,1H3,(H,19,20). The molecule has 1 aromatic heterocycles. The van der Waals surface area contributed by atoms with Crippen molar-refractivity contribution in [2.75, 3.05) is 5.32 Å². The lowest BCUT2D eigenvalue weighted by Gasteiger charge is -2.35. The second-order valence-electron chi connectivity index (χ2n) is 5.93. The van der Waals surface area contributed by atoms with Gasteiger partial charge in [-0.2, -0.15) is 5.26 Å². The molecule has 3 nitrogen and oxygen atoms in total. The van der Waals surface area contributed by atoms with Gasteiger partial charge in [-0.1, -0.05) is 37.5 Å². The fraction of sp³-hybridized carbons (Fsp3) is 0.412. The van der Waals surface area contributed by atoms with Gasteiger partial charge in [-0.3, -0.25) is 0 Å². The maximum atomic E-state index is 9.32. The monoisotopic (exact) mass is 265 g/mol. The van der Waals surface area contributed by atoms with Crippen LogP contribution in [0.15, 0.2) is 30.3 Å². The Morgan fingerprint density at radius 3 is 2.70 bits per heavy atom. The number of anilines is 1. The van der Waals surface area contributed by atoms with Crippen molar-refractivity contribution >= 4 is 16.7 Å². The molecule has 0 atom stereocenters. The lowest BCUT2D eigenvalue weighted by Crippen LogP contribution is -2.37. The smallest absolute Gasteiger partial charge is 0.128 e. The van der Waals surface area contributed by atoms with Crippen molar-refractivity contribution in [1.82, 2.24) is 4.98 Å². The number of hydrogen-bond donors (Lipinski definition) is 1. The fourth-order valence-electron chi connectivity index (χ4n) is 3.10. The molecule has 0 spiro atoms. The van der Waals surface area contributed by atoms with Crippen LogP contribution < -0.4 is 5.32 Å². The van der Waals surface area contributed by atoms with E-state index in [-0.39, 0.29) is 5.54 Å². The molecule has 0 radical (unpaired) electrons. The third-order valence-corrected chi connectivity index (χ3v) is 4.22. The first-order valence-electron chi connectivity index (χ1n) is 7.28. The van der Waals surface area contributed by atoms with E-state index < -0.39 is 0 Å². The first-order valence-corrected chi connectivity index (χ1v) is 7.28. The van der Waals surface area contributed by atoms with Crippen molar-refractivity contribution in [3.05, 3.63) is 35.9 Å². The third kappa shape index (κ3) is 2.46. The molecule has 1 heterocycles. The van der Waals surface area contributed by atoms with Crippen LogP contribution in [0.2, 0.25) is 0 Å². The lowest BCUT2D eigenvalue weighted by molar-refractivity contribution is 0.348. The third-order valence-electron chi connectivity index (χ3n) is 4.22. The molecule has 102 valence electrons. The summed E-state index contributed by atoms with van der Waals surface area (Å²) in [6.07, 6.45) is 6.20. The second-order valence-corrected chi connectivity index (χ2v) is 5.93. The van der Waals surface area contributed by atoms with E-state index in [2.05, 4.69) is 23.3 Å². The van der Waals surface area contributed by atoms with Crippen LogP contribution in [0.3, 0.4) is 0 Å².